The van der Waals surface area contributed by atoms with E-state index in [1.54, 1.807) is 7.11 Å². The van der Waals surface area contributed by atoms with Gasteiger partial charge in [0.15, 0.2) is 0 Å². The van der Waals surface area contributed by atoms with Crippen LogP contribution in [0.5, 0.6) is 5.75 Å². The molecular weight excluding hydrogens is 212 g/mol. The van der Waals surface area contributed by atoms with E-state index in [-0.39, 0.29) is 0 Å². The Balaban J connectivity index is 2.85. The largest absolute Gasteiger partial charge is 0.496 e. The first-order chi connectivity index (χ1) is 8.12. The topological polar surface area (TPSA) is 38.5 Å². The summed E-state index contributed by atoms with van der Waals surface area (Å²) < 4.78 is 5.38. The molecule has 96 valence electrons. The summed E-state index contributed by atoms with van der Waals surface area (Å²) in [5.41, 5.74) is 7.70. The standard InChI is InChI=1S/C14H24N2O/c1-5-11(3)16(6-2)10-12-7-8-13(15)9-14(12)17-4/h7-9,11H,5-6,10,15H2,1-4H3. The number of hydrogen-bond acceptors (Lipinski definition) is 3. The molecule has 0 aliphatic carbocycles. The van der Waals surface area contributed by atoms with Crippen LogP contribution < -0.4 is 10.5 Å². The van der Waals surface area contributed by atoms with Crippen molar-refractivity contribution in [1.82, 2.24) is 4.90 Å². The van der Waals surface area contributed by atoms with Crippen LogP contribution in [0.15, 0.2) is 18.2 Å². The van der Waals surface area contributed by atoms with Crippen molar-refractivity contribution in [3.8, 4) is 5.75 Å². The molecule has 1 aromatic carbocycles. The summed E-state index contributed by atoms with van der Waals surface area (Å²) in [6.45, 7) is 8.62. The number of ether oxygens (including phenoxy) is 1. The van der Waals surface area contributed by atoms with E-state index in [0.29, 0.717) is 6.04 Å². The molecule has 1 aromatic rings. The molecule has 0 aromatic heterocycles. The molecule has 0 bridgehead atoms. The van der Waals surface area contributed by atoms with Crippen LogP contribution in [0.1, 0.15) is 32.8 Å². The highest BCUT2D eigenvalue weighted by Crippen LogP contribution is 2.23. The van der Waals surface area contributed by atoms with Gasteiger partial charge in [-0.3, -0.25) is 4.90 Å². The highest BCUT2D eigenvalue weighted by atomic mass is 16.5. The van der Waals surface area contributed by atoms with Crippen molar-refractivity contribution in [2.45, 2.75) is 39.8 Å². The summed E-state index contributed by atoms with van der Waals surface area (Å²) in [5, 5.41) is 0. The maximum Gasteiger partial charge on any atom is 0.125 e. The molecule has 3 nitrogen and oxygen atoms in total. The fourth-order valence-corrected chi connectivity index (χ4v) is 1.95. The lowest BCUT2D eigenvalue weighted by molar-refractivity contribution is 0.203. The van der Waals surface area contributed by atoms with Crippen LogP contribution in [-0.4, -0.2) is 24.6 Å². The zero-order chi connectivity index (χ0) is 12.8. The maximum absolute atomic E-state index is 5.76. The van der Waals surface area contributed by atoms with Crippen LogP contribution in [0.4, 0.5) is 5.69 Å². The van der Waals surface area contributed by atoms with Crippen LogP contribution in [0, 0.1) is 0 Å². The summed E-state index contributed by atoms with van der Waals surface area (Å²) in [6, 6.07) is 6.46. The summed E-state index contributed by atoms with van der Waals surface area (Å²) in [7, 11) is 1.69. The molecule has 0 heterocycles. The lowest BCUT2D eigenvalue weighted by atomic mass is 10.1. The van der Waals surface area contributed by atoms with Crippen LogP contribution in [0.2, 0.25) is 0 Å². The Kier molecular flexibility index (Phi) is 5.29. The first-order valence-electron chi connectivity index (χ1n) is 6.28. The molecule has 0 fully saturated rings. The molecule has 17 heavy (non-hydrogen) atoms. The monoisotopic (exact) mass is 236 g/mol. The van der Waals surface area contributed by atoms with Crippen molar-refractivity contribution >= 4 is 5.69 Å². The van der Waals surface area contributed by atoms with Gasteiger partial charge in [0.1, 0.15) is 5.75 Å². The normalized spacial score (nSPS) is 12.8. The third-order valence-electron chi connectivity index (χ3n) is 3.30. The minimum Gasteiger partial charge on any atom is -0.496 e. The van der Waals surface area contributed by atoms with E-state index in [9.17, 15) is 0 Å². The lowest BCUT2D eigenvalue weighted by Crippen LogP contribution is -2.31. The van der Waals surface area contributed by atoms with E-state index in [2.05, 4.69) is 31.7 Å². The predicted molar refractivity (Wildman–Crippen MR) is 73.2 cm³/mol. The summed E-state index contributed by atoms with van der Waals surface area (Å²) in [6.07, 6.45) is 1.16. The smallest absolute Gasteiger partial charge is 0.125 e. The summed E-state index contributed by atoms with van der Waals surface area (Å²) in [4.78, 5) is 2.44. The molecule has 1 rings (SSSR count). The molecule has 0 saturated carbocycles. The molecule has 0 radical (unpaired) electrons. The van der Waals surface area contributed by atoms with Gasteiger partial charge < -0.3 is 10.5 Å². The van der Waals surface area contributed by atoms with Gasteiger partial charge in [0, 0.05) is 29.9 Å². The van der Waals surface area contributed by atoms with Crippen LogP contribution in [0.3, 0.4) is 0 Å². The second-order valence-electron chi connectivity index (χ2n) is 4.39. The molecular formula is C14H24N2O. The number of anilines is 1. The lowest BCUT2D eigenvalue weighted by Gasteiger charge is -2.27. The third kappa shape index (κ3) is 3.63. The number of rotatable bonds is 6. The van der Waals surface area contributed by atoms with Gasteiger partial charge >= 0.3 is 0 Å². The fourth-order valence-electron chi connectivity index (χ4n) is 1.95. The van der Waals surface area contributed by atoms with Crippen molar-refractivity contribution in [1.29, 1.82) is 0 Å². The second kappa shape index (κ2) is 6.50. The van der Waals surface area contributed by atoms with E-state index < -0.39 is 0 Å². The van der Waals surface area contributed by atoms with E-state index in [0.717, 1.165) is 30.9 Å². The molecule has 0 aliphatic rings. The Bertz CT molecular complexity index is 352. The molecule has 0 aliphatic heterocycles. The Morgan fingerprint density at radius 1 is 1.35 bits per heavy atom. The number of hydrogen-bond donors (Lipinski definition) is 1. The van der Waals surface area contributed by atoms with Gasteiger partial charge in [-0.25, -0.2) is 0 Å². The Morgan fingerprint density at radius 2 is 2.06 bits per heavy atom. The van der Waals surface area contributed by atoms with Crippen molar-refractivity contribution in [3.63, 3.8) is 0 Å². The SMILES string of the molecule is CCC(C)N(CC)Cc1ccc(N)cc1OC. The van der Waals surface area contributed by atoms with E-state index in [4.69, 9.17) is 10.5 Å². The highest BCUT2D eigenvalue weighted by Gasteiger charge is 2.13. The van der Waals surface area contributed by atoms with E-state index in [1.807, 2.05) is 12.1 Å². The zero-order valence-corrected chi connectivity index (χ0v) is 11.4. The van der Waals surface area contributed by atoms with Gasteiger partial charge in [-0.15, -0.1) is 0 Å². The number of nitrogen functional groups attached to an aromatic ring is 1. The molecule has 1 unspecified atom stereocenters. The van der Waals surface area contributed by atoms with Gasteiger partial charge in [-0.1, -0.05) is 19.9 Å². The fraction of sp³-hybridized carbons (Fsp3) is 0.571. The highest BCUT2D eigenvalue weighted by molar-refractivity contribution is 5.48. The van der Waals surface area contributed by atoms with E-state index in [1.165, 1.54) is 5.56 Å². The second-order valence-corrected chi connectivity index (χ2v) is 4.39. The quantitative estimate of drug-likeness (QED) is 0.772. The Morgan fingerprint density at radius 3 is 2.59 bits per heavy atom. The average Bonchev–Trinajstić information content (AvgIpc) is 2.36. The van der Waals surface area contributed by atoms with Gasteiger partial charge in [-0.2, -0.15) is 0 Å². The minimum absolute atomic E-state index is 0.585. The number of benzene rings is 1. The van der Waals surface area contributed by atoms with Gasteiger partial charge in [0.25, 0.3) is 0 Å². The number of nitrogens with zero attached hydrogens (tertiary/aromatic N) is 1. The molecule has 2 N–H and O–H groups in total. The van der Waals surface area contributed by atoms with Crippen molar-refractivity contribution in [2.24, 2.45) is 0 Å². The number of nitrogens with two attached hydrogens (primary N) is 1. The third-order valence-corrected chi connectivity index (χ3v) is 3.30. The Labute approximate surface area is 105 Å². The summed E-state index contributed by atoms with van der Waals surface area (Å²) >= 11 is 0. The van der Waals surface area contributed by atoms with Crippen molar-refractivity contribution in [2.75, 3.05) is 19.4 Å². The minimum atomic E-state index is 0.585. The van der Waals surface area contributed by atoms with Gasteiger partial charge in [0.05, 0.1) is 7.11 Å². The number of methoxy groups -OCH3 is 1. The maximum atomic E-state index is 5.76. The molecule has 0 saturated heterocycles. The zero-order valence-electron chi connectivity index (χ0n) is 11.4. The predicted octanol–water partition coefficient (Wildman–Crippen LogP) is 2.90. The van der Waals surface area contributed by atoms with Gasteiger partial charge in [-0.05, 0) is 26.0 Å². The van der Waals surface area contributed by atoms with E-state index >= 15 is 0 Å². The summed E-state index contributed by atoms with van der Waals surface area (Å²) in [5.74, 6) is 0.881. The molecule has 0 spiro atoms. The van der Waals surface area contributed by atoms with Crippen molar-refractivity contribution in [3.05, 3.63) is 23.8 Å². The molecule has 0 amide bonds. The first-order valence-corrected chi connectivity index (χ1v) is 6.28. The van der Waals surface area contributed by atoms with Crippen molar-refractivity contribution < 1.29 is 4.74 Å². The van der Waals surface area contributed by atoms with Crippen LogP contribution >= 0.6 is 0 Å². The molecule has 1 atom stereocenters. The van der Waals surface area contributed by atoms with Gasteiger partial charge in [0.2, 0.25) is 0 Å². The first kappa shape index (κ1) is 13.8. The van der Waals surface area contributed by atoms with Crippen LogP contribution in [-0.2, 0) is 6.54 Å². The average molecular weight is 236 g/mol. The van der Waals surface area contributed by atoms with Crippen LogP contribution in [0.25, 0.3) is 0 Å². The Hall–Kier alpha value is -1.22. The molecule has 3 heteroatoms.